The molecule has 0 saturated carbocycles. The molecule has 0 aromatic heterocycles. The number of thiol groups is 1. The van der Waals surface area contributed by atoms with Gasteiger partial charge in [-0.15, -0.1) is 0 Å². The summed E-state index contributed by atoms with van der Waals surface area (Å²) in [6.07, 6.45) is 1.22. The molecule has 0 heterocycles. The second-order valence-electron chi connectivity index (χ2n) is 3.54. The van der Waals surface area contributed by atoms with E-state index in [0.717, 1.165) is 17.4 Å². The van der Waals surface area contributed by atoms with Crippen molar-refractivity contribution in [3.05, 3.63) is 35.4 Å². The monoisotopic (exact) mass is 226 g/mol. The van der Waals surface area contributed by atoms with Crippen LogP contribution in [0, 0.1) is 12.8 Å². The molecule has 0 bridgehead atoms. The van der Waals surface area contributed by atoms with Gasteiger partial charge in [0.2, 0.25) is 0 Å². The van der Waals surface area contributed by atoms with Crippen molar-refractivity contribution in [1.82, 2.24) is 0 Å². The molecule has 0 amide bonds. The molecule has 1 unspecified atom stereocenters. The van der Waals surface area contributed by atoms with Crippen LogP contribution in [0.1, 0.15) is 11.1 Å². The molecule has 0 spiro atoms. The molecule has 0 aliphatic rings. The van der Waals surface area contributed by atoms with Crippen LogP contribution in [0.3, 0.4) is 0 Å². The highest BCUT2D eigenvalue weighted by Crippen LogP contribution is 2.12. The van der Waals surface area contributed by atoms with Crippen LogP contribution in [-0.2, 0) is 21.9 Å². The highest BCUT2D eigenvalue weighted by Gasteiger charge is 2.10. The summed E-state index contributed by atoms with van der Waals surface area (Å²) in [5.41, 5.74) is 2.12. The minimum Gasteiger partial charge on any atom is -0.303 e. The van der Waals surface area contributed by atoms with Gasteiger partial charge in [0.15, 0.2) is 0 Å². The topological polar surface area (TPSA) is 51.2 Å². The van der Waals surface area contributed by atoms with Crippen molar-refractivity contribution in [2.24, 2.45) is 5.92 Å². The van der Waals surface area contributed by atoms with Crippen molar-refractivity contribution >= 4 is 17.0 Å². The van der Waals surface area contributed by atoms with E-state index in [2.05, 4.69) is 0 Å². The van der Waals surface area contributed by atoms with E-state index in [1.165, 1.54) is 0 Å². The fourth-order valence-electron chi connectivity index (χ4n) is 1.47. The Morgan fingerprint density at radius 3 is 2.53 bits per heavy atom. The van der Waals surface area contributed by atoms with Crippen LogP contribution >= 0.6 is 0 Å². The molecule has 3 nitrogen and oxygen atoms in total. The van der Waals surface area contributed by atoms with Crippen molar-refractivity contribution in [3.63, 3.8) is 0 Å². The smallest absolute Gasteiger partial charge is 0.140 e. The Kier molecular flexibility index (Phi) is 4.49. The summed E-state index contributed by atoms with van der Waals surface area (Å²) in [6.45, 7) is 1.95. The molecular formula is C11H14O3S. The molecule has 0 saturated heterocycles. The molecule has 1 atom stereocenters. The van der Waals surface area contributed by atoms with Gasteiger partial charge < -0.3 is 4.79 Å². The van der Waals surface area contributed by atoms with Crippen LogP contribution in [0.25, 0.3) is 0 Å². The van der Waals surface area contributed by atoms with Crippen LogP contribution in [0.15, 0.2) is 24.3 Å². The van der Waals surface area contributed by atoms with Gasteiger partial charge in [-0.05, 0) is 24.5 Å². The molecule has 0 N–H and O–H groups in total. The van der Waals surface area contributed by atoms with Crippen molar-refractivity contribution in [2.45, 2.75) is 13.3 Å². The van der Waals surface area contributed by atoms with Crippen molar-refractivity contribution < 1.29 is 13.2 Å². The second kappa shape index (κ2) is 5.66. The lowest BCUT2D eigenvalue weighted by molar-refractivity contribution is -0.110. The number of hydrogen-bond acceptors (Lipinski definition) is 3. The van der Waals surface area contributed by atoms with Gasteiger partial charge in [0.25, 0.3) is 0 Å². The first-order valence-corrected chi connectivity index (χ1v) is 6.11. The van der Waals surface area contributed by atoms with Crippen LogP contribution in [-0.4, -0.2) is 20.5 Å². The fourth-order valence-corrected chi connectivity index (χ4v) is 2.07. The second-order valence-corrected chi connectivity index (χ2v) is 4.57. The van der Waals surface area contributed by atoms with E-state index in [0.29, 0.717) is 6.42 Å². The van der Waals surface area contributed by atoms with E-state index in [1.54, 1.807) is 0 Å². The zero-order valence-electron chi connectivity index (χ0n) is 8.55. The maximum absolute atomic E-state index is 10.7. The van der Waals surface area contributed by atoms with E-state index in [4.69, 9.17) is 0 Å². The summed E-state index contributed by atoms with van der Waals surface area (Å²) in [5, 5.41) is 0. The van der Waals surface area contributed by atoms with Gasteiger partial charge in [0.1, 0.15) is 17.0 Å². The van der Waals surface area contributed by atoms with Crippen LogP contribution in [0.2, 0.25) is 0 Å². The average Bonchev–Trinajstić information content (AvgIpc) is 2.19. The van der Waals surface area contributed by atoms with Crippen molar-refractivity contribution in [1.29, 1.82) is 0 Å². The Balaban J connectivity index is 2.75. The largest absolute Gasteiger partial charge is 0.303 e. The van der Waals surface area contributed by atoms with Crippen LogP contribution in [0.4, 0.5) is 0 Å². The number of carbonyl (C=O) groups excluding carboxylic acids is 1. The molecule has 15 heavy (non-hydrogen) atoms. The first kappa shape index (κ1) is 11.9. The molecule has 1 rings (SSSR count). The Morgan fingerprint density at radius 1 is 1.33 bits per heavy atom. The maximum Gasteiger partial charge on any atom is 0.140 e. The minimum atomic E-state index is -2.48. The molecule has 0 aliphatic carbocycles. The third kappa shape index (κ3) is 3.83. The third-order valence-corrected chi connectivity index (χ3v) is 3.09. The van der Waals surface area contributed by atoms with Crippen molar-refractivity contribution in [3.8, 4) is 0 Å². The number of benzene rings is 1. The summed E-state index contributed by atoms with van der Waals surface area (Å²) >= 11 is 0. The van der Waals surface area contributed by atoms with Gasteiger partial charge in [-0.25, -0.2) is 8.42 Å². The van der Waals surface area contributed by atoms with Gasteiger partial charge in [0.05, 0.1) is 5.75 Å². The minimum absolute atomic E-state index is 0.0623. The molecule has 82 valence electrons. The average molecular weight is 226 g/mol. The molecule has 1 aromatic rings. The number of hydrogen-bond donors (Lipinski definition) is 1. The Hall–Kier alpha value is -1.16. The van der Waals surface area contributed by atoms with E-state index in [1.807, 2.05) is 31.2 Å². The van der Waals surface area contributed by atoms with Crippen LogP contribution in [0.5, 0.6) is 0 Å². The third-order valence-electron chi connectivity index (χ3n) is 2.32. The molecule has 0 aliphatic heterocycles. The first-order valence-electron chi connectivity index (χ1n) is 4.75. The predicted molar refractivity (Wildman–Crippen MR) is 59.6 cm³/mol. The first-order chi connectivity index (χ1) is 7.13. The highest BCUT2D eigenvalue weighted by atomic mass is 32.2. The van der Waals surface area contributed by atoms with Gasteiger partial charge in [0, 0.05) is 5.92 Å². The molecule has 0 fully saturated rings. The van der Waals surface area contributed by atoms with E-state index < -0.39 is 16.6 Å². The zero-order valence-corrected chi connectivity index (χ0v) is 9.44. The molecule has 0 radical (unpaired) electrons. The number of aryl methyl sites for hydroxylation is 1. The summed E-state index contributed by atoms with van der Waals surface area (Å²) in [6, 6.07) is 7.68. The number of rotatable bonds is 5. The molecule has 1 aromatic carbocycles. The van der Waals surface area contributed by atoms with Gasteiger partial charge in [-0.3, -0.25) is 0 Å². The highest BCUT2D eigenvalue weighted by molar-refractivity contribution is 7.72. The number of aldehydes is 1. The molecular weight excluding hydrogens is 212 g/mol. The van der Waals surface area contributed by atoms with E-state index in [-0.39, 0.29) is 5.75 Å². The Labute approximate surface area is 91.1 Å². The van der Waals surface area contributed by atoms with Gasteiger partial charge in [-0.2, -0.15) is 0 Å². The van der Waals surface area contributed by atoms with E-state index in [9.17, 15) is 13.2 Å². The van der Waals surface area contributed by atoms with Gasteiger partial charge in [-0.1, -0.05) is 24.3 Å². The summed E-state index contributed by atoms with van der Waals surface area (Å²) in [5.74, 6) is -0.486. The molecule has 4 heteroatoms. The van der Waals surface area contributed by atoms with Gasteiger partial charge >= 0.3 is 0 Å². The zero-order chi connectivity index (χ0) is 11.3. The predicted octanol–water partition coefficient (Wildman–Crippen LogP) is 0.964. The summed E-state index contributed by atoms with van der Waals surface area (Å²) < 4.78 is 21.0. The van der Waals surface area contributed by atoms with Crippen molar-refractivity contribution in [2.75, 3.05) is 5.75 Å². The SMILES string of the molecule is Cc1ccccc1CC(C=O)C[SH](=O)=O. The number of carbonyl (C=O) groups is 1. The maximum atomic E-state index is 10.7. The standard InChI is InChI=1S/C11H14O3S/c1-9-4-2-3-5-11(9)6-10(7-12)8-15(13)14/h2-5,7,10,15H,6,8H2,1H3. The normalized spacial score (nSPS) is 12.7. The lowest BCUT2D eigenvalue weighted by Gasteiger charge is -2.08. The fraction of sp³-hybridized carbons (Fsp3) is 0.364. The summed E-state index contributed by atoms with van der Waals surface area (Å²) in [7, 11) is -2.48. The Bertz CT molecular complexity index is 402. The Morgan fingerprint density at radius 2 is 2.00 bits per heavy atom. The summed E-state index contributed by atoms with van der Waals surface area (Å²) in [4.78, 5) is 10.7. The van der Waals surface area contributed by atoms with E-state index >= 15 is 0 Å². The lowest BCUT2D eigenvalue weighted by atomic mass is 9.98. The van der Waals surface area contributed by atoms with Crippen LogP contribution < -0.4 is 0 Å². The quantitative estimate of drug-likeness (QED) is 0.601. The lowest BCUT2D eigenvalue weighted by Crippen LogP contribution is -2.13.